The maximum absolute atomic E-state index is 14.0. The third kappa shape index (κ3) is 5.06. The zero-order chi connectivity index (χ0) is 24.0. The van der Waals surface area contributed by atoms with Gasteiger partial charge in [-0.3, -0.25) is 19.6 Å². The lowest BCUT2D eigenvalue weighted by Gasteiger charge is -2.31. The number of pyridine rings is 1. The highest BCUT2D eigenvalue weighted by Crippen LogP contribution is 2.43. The van der Waals surface area contributed by atoms with Gasteiger partial charge in [0.1, 0.15) is 18.0 Å². The molecule has 1 aliphatic heterocycles. The van der Waals surface area contributed by atoms with E-state index in [1.807, 2.05) is 78.2 Å². The summed E-state index contributed by atoms with van der Waals surface area (Å²) in [7, 11) is 0. The van der Waals surface area contributed by atoms with Crippen LogP contribution in [-0.2, 0) is 16.1 Å². The Morgan fingerprint density at radius 2 is 1.77 bits per heavy atom. The van der Waals surface area contributed by atoms with Crippen LogP contribution in [-0.4, -0.2) is 38.7 Å². The summed E-state index contributed by atoms with van der Waals surface area (Å²) in [5, 5.41) is 1.98. The first-order valence-corrected chi connectivity index (χ1v) is 12.9. The van der Waals surface area contributed by atoms with E-state index < -0.39 is 17.5 Å². The Labute approximate surface area is 211 Å². The van der Waals surface area contributed by atoms with Crippen LogP contribution in [0.4, 0.5) is 15.6 Å². The maximum Gasteiger partial charge on any atom is 0.412 e. The van der Waals surface area contributed by atoms with Crippen LogP contribution in [0.25, 0.3) is 0 Å². The predicted molar refractivity (Wildman–Crippen MR) is 137 cm³/mol. The highest BCUT2D eigenvalue weighted by atomic mass is 32.2. The van der Waals surface area contributed by atoms with Crippen molar-refractivity contribution in [2.24, 2.45) is 0 Å². The smallest absolute Gasteiger partial charge is 0.412 e. The maximum atomic E-state index is 14.0. The second-order valence-corrected chi connectivity index (χ2v) is 9.75. The molecule has 7 nitrogen and oxygen atoms in total. The fourth-order valence-corrected chi connectivity index (χ4v) is 5.94. The monoisotopic (exact) mass is 502 g/mol. The number of benzene rings is 2. The molecule has 176 valence electrons. The lowest BCUT2D eigenvalue weighted by Crippen LogP contribution is -2.48. The van der Waals surface area contributed by atoms with Crippen LogP contribution in [0.15, 0.2) is 96.8 Å². The Kier molecular flexibility index (Phi) is 7.06. The molecule has 5 rings (SSSR count). The predicted octanol–water partition coefficient (Wildman–Crippen LogP) is 5.66. The molecule has 0 N–H and O–H groups in total. The number of anilines is 2. The Bertz CT molecular complexity index is 1260. The molecule has 4 aromatic rings. The summed E-state index contributed by atoms with van der Waals surface area (Å²) in [6.45, 7) is 0.121. The van der Waals surface area contributed by atoms with Gasteiger partial charge in [0.15, 0.2) is 5.13 Å². The summed E-state index contributed by atoms with van der Waals surface area (Å²) in [6, 6.07) is 21.8. The van der Waals surface area contributed by atoms with E-state index in [2.05, 4.69) is 9.97 Å². The number of para-hydroxylation sites is 1. The van der Waals surface area contributed by atoms with Gasteiger partial charge in [0.05, 0.1) is 5.69 Å². The van der Waals surface area contributed by atoms with Crippen molar-refractivity contribution in [3.05, 3.63) is 108 Å². The molecule has 1 fully saturated rings. The van der Waals surface area contributed by atoms with Gasteiger partial charge in [0.2, 0.25) is 0 Å². The largest absolute Gasteiger partial charge is 0.444 e. The molecule has 2 aromatic carbocycles. The standard InChI is InChI=1S/C26H22N4O3S2/c31-23(29(25-28-14-15-34-25)21-11-5-2-6-12-21)22-18-35-24(20-10-7-13-27-16-20)30(22)26(32)33-17-19-8-3-1-4-9-19/h1-16,22,24H,17-18H2. The molecular weight excluding hydrogens is 480 g/mol. The van der Waals surface area contributed by atoms with Gasteiger partial charge in [-0.15, -0.1) is 23.1 Å². The molecule has 2 atom stereocenters. The Morgan fingerprint density at radius 3 is 2.46 bits per heavy atom. The summed E-state index contributed by atoms with van der Waals surface area (Å²) < 4.78 is 5.69. The summed E-state index contributed by atoms with van der Waals surface area (Å²) in [5.41, 5.74) is 2.41. The summed E-state index contributed by atoms with van der Waals surface area (Å²) >= 11 is 2.89. The molecule has 35 heavy (non-hydrogen) atoms. The van der Waals surface area contributed by atoms with Gasteiger partial charge >= 0.3 is 6.09 Å². The van der Waals surface area contributed by atoms with E-state index in [0.717, 1.165) is 11.1 Å². The van der Waals surface area contributed by atoms with Crippen molar-refractivity contribution in [3.8, 4) is 0 Å². The van der Waals surface area contributed by atoms with Crippen LogP contribution in [0, 0.1) is 0 Å². The third-order valence-electron chi connectivity index (χ3n) is 5.52. The fourth-order valence-electron chi connectivity index (χ4n) is 3.88. The highest BCUT2D eigenvalue weighted by Gasteiger charge is 2.45. The van der Waals surface area contributed by atoms with Gasteiger partial charge < -0.3 is 4.74 Å². The number of hydrogen-bond acceptors (Lipinski definition) is 7. The molecule has 0 aliphatic carbocycles. The van der Waals surface area contributed by atoms with Crippen LogP contribution in [0.1, 0.15) is 16.5 Å². The molecular formula is C26H22N4O3S2. The SMILES string of the molecule is O=C(C1CSC(c2cccnc2)N1C(=O)OCc1ccccc1)N(c1ccccc1)c1nccs1. The number of carbonyl (C=O) groups excluding carboxylic acids is 2. The fraction of sp³-hybridized carbons (Fsp3) is 0.154. The molecule has 0 saturated carbocycles. The number of rotatable bonds is 6. The molecule has 2 unspecified atom stereocenters. The second-order valence-electron chi connectivity index (χ2n) is 7.76. The van der Waals surface area contributed by atoms with Gasteiger partial charge in [-0.2, -0.15) is 0 Å². The minimum Gasteiger partial charge on any atom is -0.444 e. The topological polar surface area (TPSA) is 75.6 Å². The van der Waals surface area contributed by atoms with Crippen molar-refractivity contribution in [3.63, 3.8) is 0 Å². The van der Waals surface area contributed by atoms with Crippen LogP contribution in [0.2, 0.25) is 0 Å². The Balaban J connectivity index is 1.46. The van der Waals surface area contributed by atoms with Gasteiger partial charge in [-0.1, -0.05) is 54.6 Å². The molecule has 2 aromatic heterocycles. The number of thiazole rings is 1. The number of hydrogen-bond donors (Lipinski definition) is 0. The van der Waals surface area contributed by atoms with E-state index in [0.29, 0.717) is 16.6 Å². The van der Waals surface area contributed by atoms with Crippen LogP contribution >= 0.6 is 23.1 Å². The van der Waals surface area contributed by atoms with Gasteiger partial charge in [0.25, 0.3) is 5.91 Å². The van der Waals surface area contributed by atoms with Crippen molar-refractivity contribution < 1.29 is 14.3 Å². The first-order chi connectivity index (χ1) is 17.2. The Hall–Kier alpha value is -3.69. The van der Waals surface area contributed by atoms with Crippen molar-refractivity contribution in [2.45, 2.75) is 18.0 Å². The first kappa shape index (κ1) is 23.1. The van der Waals surface area contributed by atoms with Gasteiger partial charge in [-0.25, -0.2) is 9.78 Å². The quantitative estimate of drug-likeness (QED) is 0.339. The van der Waals surface area contributed by atoms with E-state index in [4.69, 9.17) is 4.74 Å². The molecule has 9 heteroatoms. The van der Waals surface area contributed by atoms with E-state index in [9.17, 15) is 9.59 Å². The molecule has 1 saturated heterocycles. The number of thioether (sulfide) groups is 1. The summed E-state index contributed by atoms with van der Waals surface area (Å²) in [5.74, 6) is 0.190. The minimum absolute atomic E-state index is 0.121. The number of nitrogens with zero attached hydrogens (tertiary/aromatic N) is 4. The average molecular weight is 503 g/mol. The lowest BCUT2D eigenvalue weighted by molar-refractivity contribution is -0.121. The molecule has 0 radical (unpaired) electrons. The lowest BCUT2D eigenvalue weighted by atomic mass is 10.2. The van der Waals surface area contributed by atoms with Crippen molar-refractivity contribution in [1.29, 1.82) is 0 Å². The van der Waals surface area contributed by atoms with Gasteiger partial charge in [-0.05, 0) is 23.8 Å². The molecule has 0 bridgehead atoms. The molecule has 0 spiro atoms. The van der Waals surface area contributed by atoms with E-state index in [1.165, 1.54) is 28.0 Å². The average Bonchev–Trinajstić information content (AvgIpc) is 3.60. The van der Waals surface area contributed by atoms with Crippen molar-refractivity contribution in [1.82, 2.24) is 14.9 Å². The molecule has 3 heterocycles. The van der Waals surface area contributed by atoms with Crippen LogP contribution in [0.3, 0.4) is 0 Å². The number of aromatic nitrogens is 2. The number of ether oxygens (including phenoxy) is 1. The number of carbonyl (C=O) groups is 2. The van der Waals surface area contributed by atoms with E-state index in [1.54, 1.807) is 23.5 Å². The first-order valence-electron chi connectivity index (χ1n) is 11.0. The number of amides is 2. The second kappa shape index (κ2) is 10.7. The van der Waals surface area contributed by atoms with Crippen LogP contribution in [0.5, 0.6) is 0 Å². The van der Waals surface area contributed by atoms with Crippen molar-refractivity contribution in [2.75, 3.05) is 10.7 Å². The molecule has 1 aliphatic rings. The summed E-state index contributed by atoms with van der Waals surface area (Å²) in [4.78, 5) is 39.2. The molecule has 2 amide bonds. The van der Waals surface area contributed by atoms with E-state index in [-0.39, 0.29) is 12.5 Å². The Morgan fingerprint density at radius 1 is 1.00 bits per heavy atom. The third-order valence-corrected chi connectivity index (χ3v) is 7.60. The van der Waals surface area contributed by atoms with E-state index >= 15 is 0 Å². The normalized spacial score (nSPS) is 17.2. The zero-order valence-corrected chi connectivity index (χ0v) is 20.3. The van der Waals surface area contributed by atoms with Crippen molar-refractivity contribution >= 4 is 45.9 Å². The summed E-state index contributed by atoms with van der Waals surface area (Å²) in [6.07, 6.45) is 4.52. The zero-order valence-electron chi connectivity index (χ0n) is 18.6. The highest BCUT2D eigenvalue weighted by molar-refractivity contribution is 7.99. The minimum atomic E-state index is -0.738. The van der Waals surface area contributed by atoms with Gasteiger partial charge in [0, 0.05) is 35.3 Å². The van der Waals surface area contributed by atoms with Crippen LogP contribution < -0.4 is 4.90 Å².